The maximum Gasteiger partial charge on any atom is 0.407 e. The Bertz CT molecular complexity index is 910. The summed E-state index contributed by atoms with van der Waals surface area (Å²) in [5, 5.41) is 25.2. The minimum atomic E-state index is -0.721. The Labute approximate surface area is 170 Å². The van der Waals surface area contributed by atoms with Gasteiger partial charge in [-0.15, -0.1) is 5.10 Å². The van der Waals surface area contributed by atoms with Gasteiger partial charge in [0.15, 0.2) is 0 Å². The van der Waals surface area contributed by atoms with Crippen LogP contribution in [0.15, 0.2) is 28.3 Å². The molecule has 0 aliphatic heterocycles. The number of carbonyl (C=O) groups excluding carboxylic acids is 2. The van der Waals surface area contributed by atoms with Crippen molar-refractivity contribution in [3.05, 3.63) is 33.9 Å². The number of rotatable bonds is 7. The molecule has 0 atom stereocenters. The summed E-state index contributed by atoms with van der Waals surface area (Å²) in [5.74, 6) is -0.721. The standard InChI is InChI=1S/C16H20N6O6S/c1-16(2,3)28-15(24)17-7-8-21-14(18-19-20-21)29-12-6-5-10(22(25)26)9-11(12)13(23)27-4/h5-6,9H,7-8H2,1-4H3,(H,17,24). The number of carbonyl (C=O) groups is 2. The van der Waals surface area contributed by atoms with Crippen LogP contribution < -0.4 is 5.32 Å². The molecule has 0 saturated heterocycles. The summed E-state index contributed by atoms with van der Waals surface area (Å²) in [7, 11) is 1.18. The van der Waals surface area contributed by atoms with Gasteiger partial charge in [-0.05, 0) is 49.0 Å². The molecule has 0 unspecified atom stereocenters. The van der Waals surface area contributed by atoms with E-state index in [0.717, 1.165) is 17.8 Å². The highest BCUT2D eigenvalue weighted by atomic mass is 32.2. The van der Waals surface area contributed by atoms with Crippen molar-refractivity contribution in [2.45, 2.75) is 43.0 Å². The number of hydrogen-bond acceptors (Lipinski definition) is 10. The highest BCUT2D eigenvalue weighted by Gasteiger charge is 2.20. The minimum Gasteiger partial charge on any atom is -0.465 e. The molecule has 0 aliphatic rings. The SMILES string of the molecule is COC(=O)c1cc([N+](=O)[O-])ccc1Sc1nnnn1CCNC(=O)OC(C)(C)C. The van der Waals surface area contributed by atoms with Crippen LogP contribution in [0.5, 0.6) is 0 Å². The highest BCUT2D eigenvalue weighted by molar-refractivity contribution is 7.99. The van der Waals surface area contributed by atoms with Crippen LogP contribution in [-0.4, -0.2) is 56.4 Å². The minimum absolute atomic E-state index is 0.0214. The Hall–Kier alpha value is -3.22. The number of non-ortho nitro benzene ring substituents is 1. The molecule has 1 aromatic heterocycles. The van der Waals surface area contributed by atoms with E-state index in [4.69, 9.17) is 9.47 Å². The number of methoxy groups -OCH3 is 1. The van der Waals surface area contributed by atoms with Crippen LogP contribution >= 0.6 is 11.8 Å². The predicted molar refractivity (Wildman–Crippen MR) is 101 cm³/mol. The highest BCUT2D eigenvalue weighted by Crippen LogP contribution is 2.31. The summed E-state index contributed by atoms with van der Waals surface area (Å²) in [6, 6.07) is 3.83. The molecule has 1 N–H and O–H groups in total. The fraction of sp³-hybridized carbons (Fsp3) is 0.438. The molecule has 2 rings (SSSR count). The molecule has 0 saturated carbocycles. The molecule has 1 aromatic carbocycles. The molecule has 13 heteroatoms. The second-order valence-electron chi connectivity index (χ2n) is 6.64. The van der Waals surface area contributed by atoms with Gasteiger partial charge in [0.05, 0.1) is 24.1 Å². The van der Waals surface area contributed by atoms with Gasteiger partial charge in [-0.1, -0.05) is 0 Å². The second kappa shape index (κ2) is 9.32. The summed E-state index contributed by atoms with van der Waals surface area (Å²) in [6.07, 6.45) is -0.567. The zero-order valence-electron chi connectivity index (χ0n) is 16.2. The number of benzene rings is 1. The Morgan fingerprint density at radius 3 is 2.69 bits per heavy atom. The number of esters is 1. The Morgan fingerprint density at radius 1 is 1.34 bits per heavy atom. The van der Waals surface area contributed by atoms with Crippen LogP contribution in [0.4, 0.5) is 10.5 Å². The van der Waals surface area contributed by atoms with Crippen molar-refractivity contribution in [2.75, 3.05) is 13.7 Å². The number of amides is 1. The van der Waals surface area contributed by atoms with Crippen LogP contribution in [0.25, 0.3) is 0 Å². The molecular formula is C16H20N6O6S. The topological polar surface area (TPSA) is 151 Å². The molecule has 29 heavy (non-hydrogen) atoms. The van der Waals surface area contributed by atoms with Crippen molar-refractivity contribution in [1.82, 2.24) is 25.5 Å². The third-order valence-electron chi connectivity index (χ3n) is 3.27. The van der Waals surface area contributed by atoms with Gasteiger partial charge in [0.2, 0.25) is 5.16 Å². The lowest BCUT2D eigenvalue weighted by Gasteiger charge is -2.19. The van der Waals surface area contributed by atoms with E-state index in [-0.39, 0.29) is 24.3 Å². The maximum atomic E-state index is 12.0. The molecule has 1 amide bonds. The van der Waals surface area contributed by atoms with E-state index in [1.807, 2.05) is 0 Å². The number of hydrogen-bond donors (Lipinski definition) is 1. The largest absolute Gasteiger partial charge is 0.465 e. The average molecular weight is 424 g/mol. The van der Waals surface area contributed by atoms with E-state index >= 15 is 0 Å². The summed E-state index contributed by atoms with van der Waals surface area (Å²) >= 11 is 1.04. The van der Waals surface area contributed by atoms with Gasteiger partial charge in [0.1, 0.15) is 5.60 Å². The molecule has 0 bridgehead atoms. The fourth-order valence-electron chi connectivity index (χ4n) is 2.08. The smallest absolute Gasteiger partial charge is 0.407 e. The van der Waals surface area contributed by atoms with Crippen LogP contribution in [0, 0.1) is 10.1 Å². The van der Waals surface area contributed by atoms with Crippen molar-refractivity contribution < 1.29 is 24.0 Å². The van der Waals surface area contributed by atoms with Crippen molar-refractivity contribution in [3.8, 4) is 0 Å². The van der Waals surface area contributed by atoms with E-state index < -0.39 is 22.6 Å². The van der Waals surface area contributed by atoms with Gasteiger partial charge in [0, 0.05) is 23.6 Å². The van der Waals surface area contributed by atoms with Crippen LogP contribution in [0.1, 0.15) is 31.1 Å². The number of ether oxygens (including phenoxy) is 2. The van der Waals surface area contributed by atoms with Crippen molar-refractivity contribution in [1.29, 1.82) is 0 Å². The van der Waals surface area contributed by atoms with Gasteiger partial charge in [-0.3, -0.25) is 10.1 Å². The van der Waals surface area contributed by atoms with Gasteiger partial charge >= 0.3 is 12.1 Å². The molecular weight excluding hydrogens is 404 g/mol. The maximum absolute atomic E-state index is 12.0. The summed E-state index contributed by atoms with van der Waals surface area (Å²) in [5.41, 5.74) is -0.829. The van der Waals surface area contributed by atoms with E-state index in [1.54, 1.807) is 20.8 Å². The Kier molecular flexibility index (Phi) is 7.09. The van der Waals surface area contributed by atoms with Gasteiger partial charge in [-0.2, -0.15) is 0 Å². The van der Waals surface area contributed by atoms with Crippen molar-refractivity contribution >= 4 is 29.5 Å². The predicted octanol–water partition coefficient (Wildman–Crippen LogP) is 2.04. The van der Waals surface area contributed by atoms with Gasteiger partial charge < -0.3 is 14.8 Å². The first-order valence-corrected chi connectivity index (χ1v) is 9.20. The first-order valence-electron chi connectivity index (χ1n) is 8.38. The van der Waals surface area contributed by atoms with E-state index in [1.165, 1.54) is 23.9 Å². The van der Waals surface area contributed by atoms with Crippen LogP contribution in [0.2, 0.25) is 0 Å². The number of tetrazole rings is 1. The molecule has 12 nitrogen and oxygen atoms in total. The van der Waals surface area contributed by atoms with Crippen molar-refractivity contribution in [3.63, 3.8) is 0 Å². The third kappa shape index (κ3) is 6.41. The number of nitrogens with zero attached hydrogens (tertiary/aromatic N) is 5. The molecule has 0 radical (unpaired) electrons. The van der Waals surface area contributed by atoms with Crippen LogP contribution in [0.3, 0.4) is 0 Å². The second-order valence-corrected chi connectivity index (χ2v) is 7.65. The molecule has 156 valence electrons. The van der Waals surface area contributed by atoms with E-state index in [9.17, 15) is 19.7 Å². The first kappa shape index (κ1) is 22.1. The molecule has 2 aromatic rings. The molecule has 0 spiro atoms. The summed E-state index contributed by atoms with van der Waals surface area (Å²) in [4.78, 5) is 34.5. The normalized spacial score (nSPS) is 11.0. The first-order chi connectivity index (χ1) is 13.6. The Morgan fingerprint density at radius 2 is 2.07 bits per heavy atom. The lowest BCUT2D eigenvalue weighted by molar-refractivity contribution is -0.384. The van der Waals surface area contributed by atoms with Crippen LogP contribution in [-0.2, 0) is 16.0 Å². The van der Waals surface area contributed by atoms with Crippen molar-refractivity contribution in [2.24, 2.45) is 0 Å². The lowest BCUT2D eigenvalue weighted by atomic mass is 10.2. The summed E-state index contributed by atoms with van der Waals surface area (Å²) < 4.78 is 11.3. The quantitative estimate of drug-likeness (QED) is 0.397. The number of nitro benzene ring substituents is 1. The zero-order chi connectivity index (χ0) is 21.6. The Balaban J connectivity index is 2.10. The number of alkyl carbamates (subject to hydrolysis) is 1. The molecule has 0 fully saturated rings. The summed E-state index contributed by atoms with van der Waals surface area (Å²) in [6.45, 7) is 5.72. The fourth-order valence-corrected chi connectivity index (χ4v) is 2.97. The number of nitrogens with one attached hydrogen (secondary N) is 1. The van der Waals surface area contributed by atoms with Gasteiger partial charge in [0.25, 0.3) is 5.69 Å². The molecule has 0 aliphatic carbocycles. The molecule has 1 heterocycles. The number of aromatic nitrogens is 4. The average Bonchev–Trinajstić information content (AvgIpc) is 3.06. The monoisotopic (exact) mass is 424 g/mol. The lowest BCUT2D eigenvalue weighted by Crippen LogP contribution is -2.34. The van der Waals surface area contributed by atoms with E-state index in [2.05, 4.69) is 20.8 Å². The van der Waals surface area contributed by atoms with Gasteiger partial charge in [-0.25, -0.2) is 14.3 Å². The third-order valence-corrected chi connectivity index (χ3v) is 4.32. The van der Waals surface area contributed by atoms with E-state index in [0.29, 0.717) is 10.1 Å². The zero-order valence-corrected chi connectivity index (χ0v) is 17.1. The number of nitro groups is 1.